The predicted molar refractivity (Wildman–Crippen MR) is 109 cm³/mol. The molecule has 2 aromatic carbocycles. The van der Waals surface area contributed by atoms with Gasteiger partial charge in [0.25, 0.3) is 5.91 Å². The number of benzene rings is 2. The van der Waals surface area contributed by atoms with E-state index in [9.17, 15) is 13.2 Å². The number of fused-ring (bicyclic) bond motifs is 1. The maximum Gasteiger partial charge on any atom is 0.256 e. The molecule has 9 heteroatoms. The molecule has 0 bridgehead atoms. The lowest BCUT2D eigenvalue weighted by Crippen LogP contribution is -2.28. The first kappa shape index (κ1) is 19.1. The van der Waals surface area contributed by atoms with Crippen LogP contribution in [0.1, 0.15) is 29.1 Å². The number of carbonyl (C=O) groups is 1. The zero-order chi connectivity index (χ0) is 19.9. The van der Waals surface area contributed by atoms with Crippen molar-refractivity contribution in [2.24, 2.45) is 0 Å². The van der Waals surface area contributed by atoms with Crippen molar-refractivity contribution in [2.45, 2.75) is 24.7 Å². The molecular weight excluding hydrogens is 446 g/mol. The van der Waals surface area contributed by atoms with Gasteiger partial charge in [0.05, 0.1) is 10.5 Å². The fourth-order valence-corrected chi connectivity index (χ4v) is 5.21. The fraction of sp³-hybridized carbons (Fsp3) is 0.263. The number of nitrogens with zero attached hydrogens (tertiary/aromatic N) is 2. The molecule has 0 spiro atoms. The van der Waals surface area contributed by atoms with Crippen molar-refractivity contribution in [3.05, 3.63) is 52.3 Å². The van der Waals surface area contributed by atoms with Gasteiger partial charge in [-0.3, -0.25) is 4.79 Å². The Labute approximate surface area is 170 Å². The Morgan fingerprint density at radius 3 is 2.68 bits per heavy atom. The van der Waals surface area contributed by atoms with Gasteiger partial charge in [0, 0.05) is 30.2 Å². The molecule has 7 nitrogen and oxygen atoms in total. The molecule has 1 aromatic heterocycles. The summed E-state index contributed by atoms with van der Waals surface area (Å²) in [6.45, 7) is 2.77. The number of nitrogens with one attached hydrogen (secondary N) is 1. The Morgan fingerprint density at radius 1 is 1.18 bits per heavy atom. The zero-order valence-electron chi connectivity index (χ0n) is 15.1. The Balaban J connectivity index is 1.62. The molecule has 0 radical (unpaired) electrons. The molecular formula is C19H18BrN3O4S. The van der Waals surface area contributed by atoms with Gasteiger partial charge >= 0.3 is 0 Å². The van der Waals surface area contributed by atoms with Crippen molar-refractivity contribution in [3.63, 3.8) is 0 Å². The SMILES string of the molecule is Cc1nc2cc(NC(=O)c3cc(S(=O)(=O)N4CCCC4)ccc3Br)ccc2o1. The molecule has 1 aliphatic heterocycles. The molecule has 28 heavy (non-hydrogen) atoms. The number of aromatic nitrogens is 1. The minimum absolute atomic E-state index is 0.116. The van der Waals surface area contributed by atoms with Gasteiger partial charge in [0.2, 0.25) is 10.0 Å². The number of hydrogen-bond acceptors (Lipinski definition) is 5. The van der Waals surface area contributed by atoms with Crippen molar-refractivity contribution in [2.75, 3.05) is 18.4 Å². The number of oxazole rings is 1. The Bertz CT molecular complexity index is 1170. The van der Waals surface area contributed by atoms with E-state index < -0.39 is 15.9 Å². The van der Waals surface area contributed by atoms with E-state index in [1.165, 1.54) is 16.4 Å². The first-order valence-electron chi connectivity index (χ1n) is 8.83. The second-order valence-corrected chi connectivity index (χ2v) is 9.41. The molecule has 1 fully saturated rings. The van der Waals surface area contributed by atoms with Crippen LogP contribution in [0.15, 0.2) is 50.2 Å². The van der Waals surface area contributed by atoms with Gasteiger partial charge in [-0.2, -0.15) is 4.31 Å². The highest BCUT2D eigenvalue weighted by molar-refractivity contribution is 9.10. The summed E-state index contributed by atoms with van der Waals surface area (Å²) in [5.74, 6) is 0.131. The summed E-state index contributed by atoms with van der Waals surface area (Å²) in [6, 6.07) is 9.66. The van der Waals surface area contributed by atoms with Gasteiger partial charge in [-0.05, 0) is 65.2 Å². The van der Waals surface area contributed by atoms with Crippen LogP contribution in [-0.2, 0) is 10.0 Å². The molecule has 3 aromatic rings. The molecule has 2 heterocycles. The lowest BCUT2D eigenvalue weighted by Gasteiger charge is -2.16. The van der Waals surface area contributed by atoms with Crippen LogP contribution in [0.3, 0.4) is 0 Å². The van der Waals surface area contributed by atoms with Gasteiger partial charge in [-0.25, -0.2) is 13.4 Å². The first-order valence-corrected chi connectivity index (χ1v) is 11.1. The number of rotatable bonds is 4. The average molecular weight is 464 g/mol. The molecule has 1 saturated heterocycles. The third-order valence-electron chi connectivity index (χ3n) is 4.64. The summed E-state index contributed by atoms with van der Waals surface area (Å²) >= 11 is 3.34. The number of anilines is 1. The third-order valence-corrected chi connectivity index (χ3v) is 7.22. The average Bonchev–Trinajstić information content (AvgIpc) is 3.30. The van der Waals surface area contributed by atoms with Crippen molar-refractivity contribution in [3.8, 4) is 0 Å². The van der Waals surface area contributed by atoms with Crippen LogP contribution in [0, 0.1) is 6.92 Å². The van der Waals surface area contributed by atoms with Gasteiger partial charge in [0.1, 0.15) is 5.52 Å². The van der Waals surface area contributed by atoms with Crippen molar-refractivity contribution >= 4 is 48.6 Å². The number of amides is 1. The smallest absolute Gasteiger partial charge is 0.256 e. The lowest BCUT2D eigenvalue weighted by atomic mass is 10.2. The second kappa shape index (κ2) is 7.31. The first-order chi connectivity index (χ1) is 13.3. The summed E-state index contributed by atoms with van der Waals surface area (Å²) in [4.78, 5) is 17.1. The van der Waals surface area contributed by atoms with Crippen LogP contribution >= 0.6 is 15.9 Å². The molecule has 0 unspecified atom stereocenters. The van der Waals surface area contributed by atoms with Gasteiger partial charge < -0.3 is 9.73 Å². The number of aryl methyl sites for hydroxylation is 1. The van der Waals surface area contributed by atoms with Gasteiger partial charge in [-0.15, -0.1) is 0 Å². The zero-order valence-corrected chi connectivity index (χ0v) is 17.5. The Hall–Kier alpha value is -2.23. The van der Waals surface area contributed by atoms with Gasteiger partial charge in [0.15, 0.2) is 11.5 Å². The van der Waals surface area contributed by atoms with E-state index in [2.05, 4.69) is 26.2 Å². The van der Waals surface area contributed by atoms with Crippen molar-refractivity contribution < 1.29 is 17.6 Å². The Kier molecular flexibility index (Phi) is 4.98. The topological polar surface area (TPSA) is 92.5 Å². The molecule has 1 aliphatic rings. The molecule has 0 aliphatic carbocycles. The predicted octanol–water partition coefficient (Wildman–Crippen LogP) is 3.94. The van der Waals surface area contributed by atoms with Crippen LogP contribution in [0.2, 0.25) is 0 Å². The quantitative estimate of drug-likeness (QED) is 0.632. The van der Waals surface area contributed by atoms with E-state index in [-0.39, 0.29) is 10.5 Å². The number of sulfonamides is 1. The minimum Gasteiger partial charge on any atom is -0.441 e. The van der Waals surface area contributed by atoms with Gasteiger partial charge in [-0.1, -0.05) is 0 Å². The monoisotopic (exact) mass is 463 g/mol. The van der Waals surface area contributed by atoms with Crippen molar-refractivity contribution in [1.82, 2.24) is 9.29 Å². The number of halogens is 1. The van der Waals surface area contributed by atoms with E-state index in [0.717, 1.165) is 12.8 Å². The van der Waals surface area contributed by atoms with Crippen LogP contribution < -0.4 is 5.32 Å². The Morgan fingerprint density at radius 2 is 1.93 bits per heavy atom. The van der Waals surface area contributed by atoms with E-state index >= 15 is 0 Å². The van der Waals surface area contributed by atoms with Crippen LogP contribution in [0.4, 0.5) is 5.69 Å². The number of carbonyl (C=O) groups excluding carboxylic acids is 1. The molecule has 4 rings (SSSR count). The van der Waals surface area contributed by atoms with Crippen LogP contribution in [0.5, 0.6) is 0 Å². The standard InChI is InChI=1S/C19H18BrN3O4S/c1-12-21-17-10-13(4-7-18(17)27-12)22-19(24)15-11-14(5-6-16(15)20)28(25,26)23-8-2-3-9-23/h4-7,10-11H,2-3,8-9H2,1H3,(H,22,24). The highest BCUT2D eigenvalue weighted by Crippen LogP contribution is 2.27. The molecule has 0 atom stereocenters. The summed E-state index contributed by atoms with van der Waals surface area (Å²) in [7, 11) is -3.60. The molecule has 0 saturated carbocycles. The van der Waals surface area contributed by atoms with E-state index in [4.69, 9.17) is 4.42 Å². The molecule has 1 N–H and O–H groups in total. The summed E-state index contributed by atoms with van der Waals surface area (Å²) < 4.78 is 33.0. The highest BCUT2D eigenvalue weighted by atomic mass is 79.9. The van der Waals surface area contributed by atoms with E-state index in [1.807, 2.05) is 0 Å². The number of hydrogen-bond donors (Lipinski definition) is 1. The van der Waals surface area contributed by atoms with Crippen molar-refractivity contribution in [1.29, 1.82) is 0 Å². The fourth-order valence-electron chi connectivity index (χ4n) is 3.24. The maximum absolute atomic E-state index is 12.8. The summed E-state index contributed by atoms with van der Waals surface area (Å²) in [5.41, 5.74) is 2.07. The van der Waals surface area contributed by atoms with Crippen LogP contribution in [-0.4, -0.2) is 36.7 Å². The minimum atomic E-state index is -3.60. The largest absolute Gasteiger partial charge is 0.441 e. The van der Waals surface area contributed by atoms with E-state index in [1.54, 1.807) is 31.2 Å². The lowest BCUT2D eigenvalue weighted by molar-refractivity contribution is 0.102. The molecule has 1 amide bonds. The summed E-state index contributed by atoms with van der Waals surface area (Å²) in [6.07, 6.45) is 1.71. The molecule has 146 valence electrons. The normalized spacial score (nSPS) is 15.2. The maximum atomic E-state index is 12.8. The summed E-state index contributed by atoms with van der Waals surface area (Å²) in [5, 5.41) is 2.79. The van der Waals surface area contributed by atoms with E-state index in [0.29, 0.717) is 40.2 Å². The highest BCUT2D eigenvalue weighted by Gasteiger charge is 2.28. The third kappa shape index (κ3) is 3.57. The second-order valence-electron chi connectivity index (χ2n) is 6.62. The van der Waals surface area contributed by atoms with Crippen LogP contribution in [0.25, 0.3) is 11.1 Å².